The minimum atomic E-state index is -0.0361. The van der Waals surface area contributed by atoms with E-state index in [1.165, 1.54) is 24.8 Å². The lowest BCUT2D eigenvalue weighted by Crippen LogP contribution is -2.39. The molecule has 1 saturated heterocycles. The van der Waals surface area contributed by atoms with Gasteiger partial charge in [0.25, 0.3) is 0 Å². The number of anilines is 2. The zero-order valence-corrected chi connectivity index (χ0v) is 14.5. The Hall–Kier alpha value is -1.32. The normalized spacial score (nSPS) is 19.7. The summed E-state index contributed by atoms with van der Waals surface area (Å²) in [5.74, 6) is 3.04. The summed E-state index contributed by atoms with van der Waals surface area (Å²) in [4.78, 5) is 12.2. The lowest BCUT2D eigenvalue weighted by atomic mass is 9.95. The van der Waals surface area contributed by atoms with Gasteiger partial charge in [0.05, 0.1) is 0 Å². The molecule has 0 aromatic carbocycles. The molecule has 1 fully saturated rings. The van der Waals surface area contributed by atoms with Crippen molar-refractivity contribution in [3.05, 3.63) is 11.4 Å². The van der Waals surface area contributed by atoms with Crippen molar-refractivity contribution in [2.24, 2.45) is 0 Å². The van der Waals surface area contributed by atoms with Crippen LogP contribution in [0.2, 0.25) is 0 Å². The minimum absolute atomic E-state index is 0.0361. The fraction of sp³-hybridized carbons (Fsp3) is 0.765. The van der Waals surface area contributed by atoms with Crippen LogP contribution in [0.4, 0.5) is 11.6 Å². The highest BCUT2D eigenvalue weighted by Gasteiger charge is 2.26. The average Bonchev–Trinajstić information content (AvgIpc) is 2.41. The number of nitrogens with zero attached hydrogens (tertiary/aromatic N) is 3. The Balaban J connectivity index is 2.49. The van der Waals surface area contributed by atoms with Crippen molar-refractivity contribution >= 4 is 11.6 Å². The summed E-state index contributed by atoms with van der Waals surface area (Å²) in [6.07, 6.45) is 3.84. The molecular weight excluding hydrogens is 260 g/mol. The van der Waals surface area contributed by atoms with Gasteiger partial charge in [0.2, 0.25) is 0 Å². The lowest BCUT2D eigenvalue weighted by Gasteiger charge is -2.36. The molecule has 1 aliphatic heterocycles. The molecule has 1 aliphatic rings. The standard InChI is InChI=1S/C17H30N4/c1-7-18-14-13(3)15(20-16(19-14)17(4,5)6)21-11-9-8-10-12(21)2/h12H,7-11H2,1-6H3,(H,18,19,20). The van der Waals surface area contributed by atoms with E-state index >= 15 is 0 Å². The molecule has 1 aromatic rings. The number of piperidine rings is 1. The predicted octanol–water partition coefficient (Wildman–Crippen LogP) is 3.89. The van der Waals surface area contributed by atoms with Crippen LogP contribution >= 0.6 is 0 Å². The first-order valence-electron chi connectivity index (χ1n) is 8.24. The molecule has 4 heteroatoms. The fourth-order valence-electron chi connectivity index (χ4n) is 2.87. The molecule has 2 rings (SSSR count). The second kappa shape index (κ2) is 6.20. The van der Waals surface area contributed by atoms with Crippen LogP contribution in [-0.2, 0) is 5.41 Å². The van der Waals surface area contributed by atoms with Gasteiger partial charge in [-0.15, -0.1) is 0 Å². The first kappa shape index (κ1) is 16.1. The van der Waals surface area contributed by atoms with Crippen LogP contribution in [0.3, 0.4) is 0 Å². The van der Waals surface area contributed by atoms with E-state index in [1.807, 2.05) is 0 Å². The number of hydrogen-bond acceptors (Lipinski definition) is 4. The van der Waals surface area contributed by atoms with Gasteiger partial charge < -0.3 is 10.2 Å². The Kier molecular flexibility index (Phi) is 4.74. The summed E-state index contributed by atoms with van der Waals surface area (Å²) in [6.45, 7) is 15.1. The van der Waals surface area contributed by atoms with Crippen molar-refractivity contribution in [1.82, 2.24) is 9.97 Å². The van der Waals surface area contributed by atoms with Crippen molar-refractivity contribution in [3.8, 4) is 0 Å². The molecule has 1 atom stereocenters. The molecule has 1 aromatic heterocycles. The van der Waals surface area contributed by atoms with E-state index < -0.39 is 0 Å². The Labute approximate surface area is 129 Å². The molecule has 2 heterocycles. The van der Waals surface area contributed by atoms with Gasteiger partial charge in [-0.05, 0) is 40.0 Å². The molecule has 21 heavy (non-hydrogen) atoms. The number of aromatic nitrogens is 2. The fourth-order valence-corrected chi connectivity index (χ4v) is 2.87. The van der Waals surface area contributed by atoms with Gasteiger partial charge in [0, 0.05) is 30.1 Å². The van der Waals surface area contributed by atoms with E-state index in [1.54, 1.807) is 0 Å². The summed E-state index contributed by atoms with van der Waals surface area (Å²) in [6, 6.07) is 0.564. The zero-order chi connectivity index (χ0) is 15.6. The summed E-state index contributed by atoms with van der Waals surface area (Å²) < 4.78 is 0. The molecule has 0 spiro atoms. The highest BCUT2D eigenvalue weighted by atomic mass is 15.2. The monoisotopic (exact) mass is 290 g/mol. The first-order chi connectivity index (χ1) is 9.84. The molecule has 0 amide bonds. The quantitative estimate of drug-likeness (QED) is 0.917. The third-order valence-corrected chi connectivity index (χ3v) is 4.21. The highest BCUT2D eigenvalue weighted by molar-refractivity contribution is 5.59. The van der Waals surface area contributed by atoms with Crippen molar-refractivity contribution in [2.45, 2.75) is 72.3 Å². The maximum absolute atomic E-state index is 4.94. The molecule has 1 N–H and O–H groups in total. The zero-order valence-electron chi connectivity index (χ0n) is 14.5. The molecule has 4 nitrogen and oxygen atoms in total. The second-order valence-electron chi connectivity index (χ2n) is 7.16. The van der Waals surface area contributed by atoms with Gasteiger partial charge in [0.15, 0.2) is 0 Å². The summed E-state index contributed by atoms with van der Waals surface area (Å²) in [5.41, 5.74) is 1.14. The molecule has 0 bridgehead atoms. The Morgan fingerprint density at radius 2 is 1.95 bits per heavy atom. The van der Waals surface area contributed by atoms with Crippen molar-refractivity contribution in [1.29, 1.82) is 0 Å². The van der Waals surface area contributed by atoms with E-state index in [9.17, 15) is 0 Å². The van der Waals surface area contributed by atoms with Crippen molar-refractivity contribution in [2.75, 3.05) is 23.3 Å². The van der Waals surface area contributed by atoms with Gasteiger partial charge in [-0.1, -0.05) is 20.8 Å². The third-order valence-electron chi connectivity index (χ3n) is 4.21. The van der Waals surface area contributed by atoms with Crippen molar-refractivity contribution in [3.63, 3.8) is 0 Å². The van der Waals surface area contributed by atoms with Gasteiger partial charge in [-0.3, -0.25) is 0 Å². The van der Waals surface area contributed by atoms with Gasteiger partial charge in [-0.25, -0.2) is 9.97 Å². The first-order valence-corrected chi connectivity index (χ1v) is 8.24. The molecular formula is C17H30N4. The van der Waals surface area contributed by atoms with E-state index in [4.69, 9.17) is 9.97 Å². The maximum atomic E-state index is 4.94. The molecule has 0 aliphatic carbocycles. The Morgan fingerprint density at radius 3 is 2.52 bits per heavy atom. The van der Waals surface area contributed by atoms with Crippen LogP contribution in [0.15, 0.2) is 0 Å². The number of nitrogens with one attached hydrogen (secondary N) is 1. The number of hydrogen-bond donors (Lipinski definition) is 1. The lowest BCUT2D eigenvalue weighted by molar-refractivity contribution is 0.475. The van der Waals surface area contributed by atoms with Crippen LogP contribution in [0.5, 0.6) is 0 Å². The minimum Gasteiger partial charge on any atom is -0.370 e. The topological polar surface area (TPSA) is 41.1 Å². The molecule has 118 valence electrons. The summed E-state index contributed by atoms with van der Waals surface area (Å²) in [7, 11) is 0. The van der Waals surface area contributed by atoms with Crippen LogP contribution in [0, 0.1) is 6.92 Å². The summed E-state index contributed by atoms with van der Waals surface area (Å²) in [5, 5.41) is 3.40. The third kappa shape index (κ3) is 3.47. The van der Waals surface area contributed by atoms with Crippen LogP contribution in [-0.4, -0.2) is 29.1 Å². The smallest absolute Gasteiger partial charge is 0.138 e. The van der Waals surface area contributed by atoms with Crippen molar-refractivity contribution < 1.29 is 0 Å². The molecule has 1 unspecified atom stereocenters. The molecule has 0 radical (unpaired) electrons. The Bertz CT molecular complexity index is 490. The van der Waals surface area contributed by atoms with E-state index in [2.05, 4.69) is 51.8 Å². The van der Waals surface area contributed by atoms with Gasteiger partial charge >= 0.3 is 0 Å². The van der Waals surface area contributed by atoms with Gasteiger partial charge in [-0.2, -0.15) is 0 Å². The molecule has 0 saturated carbocycles. The van der Waals surface area contributed by atoms with Crippen LogP contribution in [0.25, 0.3) is 0 Å². The van der Waals surface area contributed by atoms with Gasteiger partial charge in [0.1, 0.15) is 17.5 Å². The second-order valence-corrected chi connectivity index (χ2v) is 7.16. The SMILES string of the molecule is CCNc1nc(C(C)(C)C)nc(N2CCCCC2C)c1C. The highest BCUT2D eigenvalue weighted by Crippen LogP contribution is 2.31. The maximum Gasteiger partial charge on any atom is 0.138 e. The van der Waals surface area contributed by atoms with E-state index in [0.717, 1.165) is 30.5 Å². The van der Waals surface area contributed by atoms with E-state index in [0.29, 0.717) is 6.04 Å². The van der Waals surface area contributed by atoms with E-state index in [-0.39, 0.29) is 5.41 Å². The summed E-state index contributed by atoms with van der Waals surface area (Å²) >= 11 is 0. The largest absolute Gasteiger partial charge is 0.370 e. The van der Waals surface area contributed by atoms with Crippen LogP contribution < -0.4 is 10.2 Å². The Morgan fingerprint density at radius 1 is 1.24 bits per heavy atom. The predicted molar refractivity (Wildman–Crippen MR) is 90.3 cm³/mol. The van der Waals surface area contributed by atoms with Crippen LogP contribution in [0.1, 0.15) is 65.3 Å². The average molecular weight is 290 g/mol. The number of rotatable bonds is 3.